The molecule has 0 atom stereocenters. The second kappa shape index (κ2) is 10.1. The van der Waals surface area contributed by atoms with E-state index in [1.54, 1.807) is 24.3 Å². The lowest BCUT2D eigenvalue weighted by Gasteiger charge is -2.26. The first-order valence-corrected chi connectivity index (χ1v) is 10.5. The predicted molar refractivity (Wildman–Crippen MR) is 120 cm³/mol. The molecule has 4 rings (SSSR count). The molecule has 1 aromatic heterocycles. The van der Waals surface area contributed by atoms with Gasteiger partial charge in [0.15, 0.2) is 0 Å². The Kier molecular flexibility index (Phi) is 6.81. The SMILES string of the molecule is O=C(O)Cn1c(-c2ccc(OC3COC3)cc2)ncc(NCCCc2ccccc2)c1=O. The van der Waals surface area contributed by atoms with Gasteiger partial charge in [-0.3, -0.25) is 14.2 Å². The van der Waals surface area contributed by atoms with Crippen LogP contribution >= 0.6 is 0 Å². The summed E-state index contributed by atoms with van der Waals surface area (Å²) in [4.78, 5) is 28.8. The van der Waals surface area contributed by atoms with E-state index in [4.69, 9.17) is 9.47 Å². The van der Waals surface area contributed by atoms with Crippen LogP contribution in [0.4, 0.5) is 5.69 Å². The van der Waals surface area contributed by atoms with Gasteiger partial charge in [-0.15, -0.1) is 0 Å². The first kappa shape index (κ1) is 21.6. The first-order chi connectivity index (χ1) is 15.6. The summed E-state index contributed by atoms with van der Waals surface area (Å²) in [6, 6.07) is 17.2. The molecule has 0 saturated carbocycles. The summed E-state index contributed by atoms with van der Waals surface area (Å²) in [6.07, 6.45) is 3.23. The van der Waals surface area contributed by atoms with E-state index in [1.165, 1.54) is 16.3 Å². The number of aromatic nitrogens is 2. The van der Waals surface area contributed by atoms with Crippen LogP contribution in [-0.2, 0) is 22.5 Å². The van der Waals surface area contributed by atoms with Crippen molar-refractivity contribution < 1.29 is 19.4 Å². The molecule has 2 heterocycles. The number of carboxylic acid groups (broad SMARTS) is 1. The Morgan fingerprint density at radius 3 is 2.56 bits per heavy atom. The van der Waals surface area contributed by atoms with Crippen LogP contribution in [0, 0.1) is 0 Å². The monoisotopic (exact) mass is 435 g/mol. The van der Waals surface area contributed by atoms with Gasteiger partial charge in [-0.05, 0) is 42.7 Å². The second-order valence-electron chi connectivity index (χ2n) is 7.60. The summed E-state index contributed by atoms with van der Waals surface area (Å²) in [6.45, 7) is 1.25. The summed E-state index contributed by atoms with van der Waals surface area (Å²) < 4.78 is 12.0. The molecule has 8 nitrogen and oxygen atoms in total. The Labute approximate surface area is 185 Å². The molecule has 32 heavy (non-hydrogen) atoms. The van der Waals surface area contributed by atoms with Gasteiger partial charge in [0.25, 0.3) is 5.56 Å². The highest BCUT2D eigenvalue weighted by Gasteiger charge is 2.20. The lowest BCUT2D eigenvalue weighted by Crippen LogP contribution is -2.38. The number of nitrogens with zero attached hydrogens (tertiary/aromatic N) is 2. The smallest absolute Gasteiger partial charge is 0.323 e. The minimum atomic E-state index is -1.11. The van der Waals surface area contributed by atoms with Crippen LogP contribution in [0.1, 0.15) is 12.0 Å². The van der Waals surface area contributed by atoms with E-state index in [0.29, 0.717) is 36.9 Å². The maximum absolute atomic E-state index is 13.0. The number of nitrogens with one attached hydrogen (secondary N) is 1. The maximum Gasteiger partial charge on any atom is 0.323 e. The van der Waals surface area contributed by atoms with Gasteiger partial charge < -0.3 is 19.9 Å². The number of aliphatic carboxylic acids is 1. The molecule has 0 bridgehead atoms. The molecular formula is C24H25N3O5. The van der Waals surface area contributed by atoms with Crippen LogP contribution in [0.25, 0.3) is 11.4 Å². The number of aryl methyl sites for hydroxylation is 1. The van der Waals surface area contributed by atoms with Crippen molar-refractivity contribution in [2.45, 2.75) is 25.5 Å². The molecule has 8 heteroatoms. The molecule has 1 aliphatic rings. The van der Waals surface area contributed by atoms with Crippen molar-refractivity contribution in [2.75, 3.05) is 25.1 Å². The Morgan fingerprint density at radius 2 is 1.91 bits per heavy atom. The molecule has 0 unspecified atom stereocenters. The van der Waals surface area contributed by atoms with Crippen LogP contribution in [0.15, 0.2) is 65.6 Å². The third-order valence-corrected chi connectivity index (χ3v) is 5.16. The zero-order valence-corrected chi connectivity index (χ0v) is 17.6. The normalized spacial score (nSPS) is 13.4. The summed E-state index contributed by atoms with van der Waals surface area (Å²) in [7, 11) is 0. The summed E-state index contributed by atoms with van der Waals surface area (Å²) in [5, 5.41) is 12.4. The number of rotatable bonds is 10. The van der Waals surface area contributed by atoms with Gasteiger partial charge in [-0.2, -0.15) is 0 Å². The van der Waals surface area contributed by atoms with Crippen molar-refractivity contribution in [3.8, 4) is 17.1 Å². The molecule has 2 N–H and O–H groups in total. The summed E-state index contributed by atoms with van der Waals surface area (Å²) in [5.41, 5.74) is 1.73. The molecular weight excluding hydrogens is 410 g/mol. The van der Waals surface area contributed by atoms with E-state index in [9.17, 15) is 14.7 Å². The highest BCUT2D eigenvalue weighted by atomic mass is 16.6. The molecule has 0 amide bonds. The van der Waals surface area contributed by atoms with E-state index in [1.807, 2.05) is 18.2 Å². The molecule has 0 aliphatic carbocycles. The third-order valence-electron chi connectivity index (χ3n) is 5.16. The molecule has 3 aromatic rings. The van der Waals surface area contributed by atoms with Crippen molar-refractivity contribution >= 4 is 11.7 Å². The number of carboxylic acids is 1. The van der Waals surface area contributed by atoms with Crippen LogP contribution in [0.3, 0.4) is 0 Å². The fourth-order valence-electron chi connectivity index (χ4n) is 3.44. The molecule has 0 radical (unpaired) electrons. The van der Waals surface area contributed by atoms with Crippen molar-refractivity contribution in [1.82, 2.24) is 9.55 Å². The third kappa shape index (κ3) is 5.33. The fourth-order valence-corrected chi connectivity index (χ4v) is 3.44. The topological polar surface area (TPSA) is 103 Å². The highest BCUT2D eigenvalue weighted by Crippen LogP contribution is 2.22. The summed E-state index contributed by atoms with van der Waals surface area (Å²) >= 11 is 0. The van der Waals surface area contributed by atoms with Gasteiger partial charge in [-0.25, -0.2) is 4.98 Å². The van der Waals surface area contributed by atoms with Crippen molar-refractivity contribution in [3.05, 3.63) is 76.7 Å². The number of carbonyl (C=O) groups is 1. The summed E-state index contributed by atoms with van der Waals surface area (Å²) in [5.74, 6) is -0.127. The van der Waals surface area contributed by atoms with E-state index in [0.717, 1.165) is 12.8 Å². The Bertz CT molecular complexity index is 1110. The van der Waals surface area contributed by atoms with E-state index < -0.39 is 18.1 Å². The van der Waals surface area contributed by atoms with Crippen LogP contribution < -0.4 is 15.6 Å². The quantitative estimate of drug-likeness (QED) is 0.472. The lowest BCUT2D eigenvalue weighted by molar-refractivity contribution is -0.137. The van der Waals surface area contributed by atoms with Gasteiger partial charge in [0.1, 0.15) is 29.9 Å². The van der Waals surface area contributed by atoms with Gasteiger partial charge >= 0.3 is 5.97 Å². The van der Waals surface area contributed by atoms with Gasteiger partial charge in [0.2, 0.25) is 0 Å². The molecule has 166 valence electrons. The first-order valence-electron chi connectivity index (χ1n) is 10.5. The van der Waals surface area contributed by atoms with Crippen LogP contribution in [0.2, 0.25) is 0 Å². The van der Waals surface area contributed by atoms with Crippen molar-refractivity contribution in [2.24, 2.45) is 0 Å². The number of benzene rings is 2. The zero-order valence-electron chi connectivity index (χ0n) is 17.6. The van der Waals surface area contributed by atoms with Gasteiger partial charge in [0.05, 0.1) is 19.4 Å². The lowest BCUT2D eigenvalue weighted by atomic mass is 10.1. The van der Waals surface area contributed by atoms with Crippen molar-refractivity contribution in [3.63, 3.8) is 0 Å². The van der Waals surface area contributed by atoms with Crippen LogP contribution in [-0.4, -0.2) is 46.5 Å². The Balaban J connectivity index is 1.48. The van der Waals surface area contributed by atoms with Gasteiger partial charge in [-0.1, -0.05) is 30.3 Å². The largest absolute Gasteiger partial charge is 0.486 e. The average Bonchev–Trinajstić information content (AvgIpc) is 2.77. The maximum atomic E-state index is 13.0. The number of hydrogen-bond acceptors (Lipinski definition) is 6. The fraction of sp³-hybridized carbons (Fsp3) is 0.292. The van der Waals surface area contributed by atoms with Gasteiger partial charge in [0, 0.05) is 12.1 Å². The van der Waals surface area contributed by atoms with E-state index in [2.05, 4.69) is 22.4 Å². The molecule has 1 saturated heterocycles. The minimum Gasteiger partial charge on any atom is -0.486 e. The standard InChI is InChI=1S/C24H25N3O5/c28-22(29)14-27-23(18-8-10-19(11-9-18)32-20-15-31-16-20)26-13-21(24(27)30)25-12-4-7-17-5-2-1-3-6-17/h1-3,5-6,8-11,13,20,25H,4,7,12,14-16H2,(H,28,29). The number of anilines is 1. The second-order valence-corrected chi connectivity index (χ2v) is 7.60. The minimum absolute atomic E-state index is 0.0522. The number of ether oxygens (including phenoxy) is 2. The van der Waals surface area contributed by atoms with Crippen LogP contribution in [0.5, 0.6) is 5.75 Å². The highest BCUT2D eigenvalue weighted by molar-refractivity contribution is 5.68. The molecule has 1 aliphatic heterocycles. The van der Waals surface area contributed by atoms with E-state index >= 15 is 0 Å². The Hall–Kier alpha value is -3.65. The Morgan fingerprint density at radius 1 is 1.16 bits per heavy atom. The zero-order chi connectivity index (χ0) is 22.3. The van der Waals surface area contributed by atoms with Crippen molar-refractivity contribution in [1.29, 1.82) is 0 Å². The molecule has 0 spiro atoms. The van der Waals surface area contributed by atoms with E-state index in [-0.39, 0.29) is 11.8 Å². The molecule has 2 aromatic carbocycles. The average molecular weight is 435 g/mol. The molecule has 1 fully saturated rings. The predicted octanol–water partition coefficient (Wildman–Crippen LogP) is 2.82. The number of hydrogen-bond donors (Lipinski definition) is 2.